The number of fused-ring (bicyclic) bond motifs is 1. The van der Waals surface area contributed by atoms with Crippen molar-refractivity contribution >= 4 is 17.6 Å². The Kier molecular flexibility index (Phi) is 3.48. The van der Waals surface area contributed by atoms with Crippen LogP contribution in [-0.2, 0) is 11.2 Å². The number of nitrogens with one attached hydrogen (secondary N) is 1. The molecule has 3 rings (SSSR count). The van der Waals surface area contributed by atoms with Gasteiger partial charge in [0.05, 0.1) is 0 Å². The van der Waals surface area contributed by atoms with E-state index in [0.717, 1.165) is 30.9 Å². The molecular weight excluding hydrogens is 270 g/mol. The van der Waals surface area contributed by atoms with E-state index in [-0.39, 0.29) is 11.8 Å². The lowest BCUT2D eigenvalue weighted by Gasteiger charge is -2.36. The first-order chi connectivity index (χ1) is 10.1. The van der Waals surface area contributed by atoms with Crippen molar-refractivity contribution in [3.8, 4) is 0 Å². The van der Waals surface area contributed by atoms with Gasteiger partial charge in [-0.1, -0.05) is 0 Å². The molecule has 112 valence electrons. The highest BCUT2D eigenvalue weighted by Crippen LogP contribution is 2.24. The molecule has 0 unspecified atom stereocenters. The zero-order valence-electron chi connectivity index (χ0n) is 12.3. The fraction of sp³-hybridized carbons (Fsp3) is 0.571. The summed E-state index contributed by atoms with van der Waals surface area (Å²) < 4.78 is 0. The number of amides is 2. The summed E-state index contributed by atoms with van der Waals surface area (Å²) in [5.41, 5.74) is 1.43. The van der Waals surface area contributed by atoms with Crippen molar-refractivity contribution in [2.45, 2.75) is 20.3 Å². The molecule has 7 heteroatoms. The average Bonchev–Trinajstić information content (AvgIpc) is 2.47. The monoisotopic (exact) mass is 289 g/mol. The van der Waals surface area contributed by atoms with Crippen LogP contribution < -0.4 is 10.2 Å². The number of carbonyl (C=O) groups is 2. The number of anilines is 1. The predicted molar refractivity (Wildman–Crippen MR) is 77.3 cm³/mol. The average molecular weight is 289 g/mol. The number of carbonyl (C=O) groups excluding carboxylic acids is 2. The van der Waals surface area contributed by atoms with Gasteiger partial charge in [-0.2, -0.15) is 0 Å². The Labute approximate surface area is 123 Å². The summed E-state index contributed by atoms with van der Waals surface area (Å²) in [6.45, 7) is 6.89. The third-order valence-corrected chi connectivity index (χ3v) is 4.00. The Hall–Kier alpha value is -2.18. The standard InChI is InChI=1S/C14H19N5O2/c1-9-16-12-11(3-4-15-14(12)21)13(17-9)19-7-5-18(6-8-19)10(2)20/h3-8H2,1-2H3,(H,15,21). The van der Waals surface area contributed by atoms with E-state index in [2.05, 4.69) is 20.2 Å². The van der Waals surface area contributed by atoms with Crippen LogP contribution in [0.15, 0.2) is 0 Å². The quantitative estimate of drug-likeness (QED) is 0.770. The van der Waals surface area contributed by atoms with E-state index in [1.165, 1.54) is 0 Å². The lowest BCUT2D eigenvalue weighted by atomic mass is 10.1. The van der Waals surface area contributed by atoms with E-state index < -0.39 is 0 Å². The minimum Gasteiger partial charge on any atom is -0.353 e. The Bertz CT molecular complexity index is 593. The molecule has 2 amide bonds. The van der Waals surface area contributed by atoms with Gasteiger partial charge >= 0.3 is 0 Å². The van der Waals surface area contributed by atoms with Gasteiger partial charge < -0.3 is 15.1 Å². The number of aryl methyl sites for hydroxylation is 1. The molecule has 7 nitrogen and oxygen atoms in total. The van der Waals surface area contributed by atoms with Crippen molar-refractivity contribution in [3.63, 3.8) is 0 Å². The Balaban J connectivity index is 1.89. The van der Waals surface area contributed by atoms with Crippen molar-refractivity contribution in [2.75, 3.05) is 37.6 Å². The largest absolute Gasteiger partial charge is 0.353 e. The normalized spacial score (nSPS) is 18.3. The van der Waals surface area contributed by atoms with Crippen LogP contribution in [0.3, 0.4) is 0 Å². The van der Waals surface area contributed by atoms with E-state index >= 15 is 0 Å². The van der Waals surface area contributed by atoms with Gasteiger partial charge in [-0.3, -0.25) is 9.59 Å². The maximum Gasteiger partial charge on any atom is 0.270 e. The van der Waals surface area contributed by atoms with Crippen LogP contribution in [0.25, 0.3) is 0 Å². The summed E-state index contributed by atoms with van der Waals surface area (Å²) in [6.07, 6.45) is 0.754. The second-order valence-electron chi connectivity index (χ2n) is 5.42. The molecule has 2 aliphatic rings. The first-order valence-electron chi connectivity index (χ1n) is 7.22. The number of nitrogens with zero attached hydrogens (tertiary/aromatic N) is 4. The first-order valence-corrected chi connectivity index (χ1v) is 7.22. The zero-order valence-corrected chi connectivity index (χ0v) is 12.3. The van der Waals surface area contributed by atoms with Crippen molar-refractivity contribution in [3.05, 3.63) is 17.1 Å². The molecule has 0 saturated carbocycles. The fourth-order valence-corrected chi connectivity index (χ4v) is 2.88. The molecule has 1 saturated heterocycles. The van der Waals surface area contributed by atoms with Crippen molar-refractivity contribution < 1.29 is 9.59 Å². The minimum atomic E-state index is -0.120. The summed E-state index contributed by atoms with van der Waals surface area (Å²) >= 11 is 0. The van der Waals surface area contributed by atoms with Crippen molar-refractivity contribution in [1.29, 1.82) is 0 Å². The molecule has 0 bridgehead atoms. The number of piperazine rings is 1. The van der Waals surface area contributed by atoms with Crippen LogP contribution >= 0.6 is 0 Å². The Morgan fingerprint density at radius 2 is 1.90 bits per heavy atom. The van der Waals surface area contributed by atoms with E-state index in [9.17, 15) is 9.59 Å². The number of rotatable bonds is 1. The first kappa shape index (κ1) is 13.8. The molecule has 0 radical (unpaired) electrons. The Morgan fingerprint density at radius 1 is 1.19 bits per heavy atom. The molecule has 1 N–H and O–H groups in total. The van der Waals surface area contributed by atoms with Crippen LogP contribution in [0.5, 0.6) is 0 Å². The molecule has 1 aromatic heterocycles. The minimum absolute atomic E-state index is 0.106. The lowest BCUT2D eigenvalue weighted by molar-refractivity contribution is -0.129. The number of hydrogen-bond donors (Lipinski definition) is 1. The van der Waals surface area contributed by atoms with Crippen LogP contribution in [0, 0.1) is 6.92 Å². The van der Waals surface area contributed by atoms with Gasteiger partial charge in [0.25, 0.3) is 5.91 Å². The zero-order chi connectivity index (χ0) is 15.0. The molecule has 3 heterocycles. The third-order valence-electron chi connectivity index (χ3n) is 4.00. The molecule has 1 fully saturated rings. The van der Waals surface area contributed by atoms with Gasteiger partial charge in [-0.25, -0.2) is 9.97 Å². The van der Waals surface area contributed by atoms with Crippen LogP contribution in [0.2, 0.25) is 0 Å². The molecule has 21 heavy (non-hydrogen) atoms. The molecular formula is C14H19N5O2. The SMILES string of the molecule is CC(=O)N1CCN(c2nc(C)nc3c2CCNC3=O)CC1. The summed E-state index contributed by atoms with van der Waals surface area (Å²) in [6, 6.07) is 0. The second-order valence-corrected chi connectivity index (χ2v) is 5.42. The van der Waals surface area contributed by atoms with Crippen molar-refractivity contribution in [1.82, 2.24) is 20.2 Å². The van der Waals surface area contributed by atoms with Gasteiger partial charge in [-0.05, 0) is 13.3 Å². The van der Waals surface area contributed by atoms with Crippen molar-refractivity contribution in [2.24, 2.45) is 0 Å². The van der Waals surface area contributed by atoms with E-state index in [0.29, 0.717) is 31.2 Å². The van der Waals surface area contributed by atoms with Gasteiger partial charge in [0.15, 0.2) is 0 Å². The van der Waals surface area contributed by atoms with E-state index in [4.69, 9.17) is 0 Å². The van der Waals surface area contributed by atoms with Crippen LogP contribution in [0.4, 0.5) is 5.82 Å². The maximum atomic E-state index is 11.9. The second kappa shape index (κ2) is 5.31. The summed E-state index contributed by atoms with van der Waals surface area (Å²) in [5.74, 6) is 1.45. The van der Waals surface area contributed by atoms with E-state index in [1.54, 1.807) is 13.8 Å². The highest BCUT2D eigenvalue weighted by Gasteiger charge is 2.27. The van der Waals surface area contributed by atoms with E-state index in [1.807, 2.05) is 4.90 Å². The molecule has 0 atom stereocenters. The highest BCUT2D eigenvalue weighted by molar-refractivity contribution is 5.96. The van der Waals surface area contributed by atoms with Gasteiger partial charge in [0.1, 0.15) is 17.3 Å². The number of hydrogen-bond acceptors (Lipinski definition) is 5. The van der Waals surface area contributed by atoms with Gasteiger partial charge in [-0.15, -0.1) is 0 Å². The predicted octanol–water partition coefficient (Wildman–Crippen LogP) is -0.261. The lowest BCUT2D eigenvalue weighted by Crippen LogP contribution is -2.49. The fourth-order valence-electron chi connectivity index (χ4n) is 2.88. The van der Waals surface area contributed by atoms with Gasteiger partial charge in [0, 0.05) is 45.2 Å². The maximum absolute atomic E-state index is 11.9. The molecule has 2 aliphatic heterocycles. The third kappa shape index (κ3) is 2.55. The Morgan fingerprint density at radius 3 is 2.57 bits per heavy atom. The van der Waals surface area contributed by atoms with Crippen LogP contribution in [-0.4, -0.2) is 59.4 Å². The topological polar surface area (TPSA) is 78.4 Å². The van der Waals surface area contributed by atoms with Crippen LogP contribution in [0.1, 0.15) is 28.8 Å². The molecule has 0 spiro atoms. The van der Waals surface area contributed by atoms with Gasteiger partial charge in [0.2, 0.25) is 5.91 Å². The molecule has 0 aromatic carbocycles. The highest BCUT2D eigenvalue weighted by atomic mass is 16.2. The smallest absolute Gasteiger partial charge is 0.270 e. The molecule has 0 aliphatic carbocycles. The summed E-state index contributed by atoms with van der Waals surface area (Å²) in [7, 11) is 0. The summed E-state index contributed by atoms with van der Waals surface area (Å²) in [4.78, 5) is 36.2. The molecule has 1 aromatic rings. The number of aromatic nitrogens is 2. The summed E-state index contributed by atoms with van der Waals surface area (Å²) in [5, 5.41) is 2.82.